The Balaban J connectivity index is 1.64. The van der Waals surface area contributed by atoms with Gasteiger partial charge in [-0.2, -0.15) is 0 Å². The fourth-order valence-electron chi connectivity index (χ4n) is 4.47. The van der Waals surface area contributed by atoms with E-state index in [1.165, 1.54) is 23.3 Å². The molecule has 39 heavy (non-hydrogen) atoms. The zero-order valence-electron chi connectivity index (χ0n) is 21.8. The van der Waals surface area contributed by atoms with Crippen LogP contribution in [0.4, 0.5) is 5.13 Å². The van der Waals surface area contributed by atoms with E-state index in [2.05, 4.69) is 11.9 Å². The highest BCUT2D eigenvalue weighted by Crippen LogP contribution is 2.45. The van der Waals surface area contributed by atoms with E-state index in [0.717, 1.165) is 17.5 Å². The lowest BCUT2D eigenvalue weighted by Crippen LogP contribution is -2.29. The molecule has 3 aromatic carbocycles. The summed E-state index contributed by atoms with van der Waals surface area (Å²) in [5, 5.41) is 11.7. The second-order valence-electron chi connectivity index (χ2n) is 9.00. The van der Waals surface area contributed by atoms with Gasteiger partial charge in [0.25, 0.3) is 5.78 Å². The third kappa shape index (κ3) is 5.05. The minimum Gasteiger partial charge on any atom is -0.507 e. The maximum atomic E-state index is 13.5. The topological polar surface area (TPSA) is 98.2 Å². The molecule has 1 amide bonds. The molecule has 1 N–H and O–H groups in total. The Morgan fingerprint density at radius 3 is 2.41 bits per heavy atom. The predicted molar refractivity (Wildman–Crippen MR) is 151 cm³/mol. The standard InChI is InChI=1S/C30H28N2O6S/c1-4-5-15-38-20-11-9-18(10-12-20)26-25(27(33)19-7-6-8-21(16-19)36-2)28(34)29(35)32(26)30-31-23-14-13-22(37-3)17-24(23)39-30/h6-14,16-17,26,33H,4-5,15H2,1-3H3/b27-25+. The second-order valence-corrected chi connectivity index (χ2v) is 10.0. The average Bonchev–Trinajstić information content (AvgIpc) is 3.50. The zero-order valence-corrected chi connectivity index (χ0v) is 22.7. The largest absolute Gasteiger partial charge is 0.507 e. The first kappa shape index (κ1) is 26.2. The van der Waals surface area contributed by atoms with Crippen molar-refractivity contribution in [3.8, 4) is 17.2 Å². The number of aromatic nitrogens is 1. The highest BCUT2D eigenvalue weighted by molar-refractivity contribution is 7.22. The number of amides is 1. The Morgan fingerprint density at radius 1 is 0.974 bits per heavy atom. The minimum atomic E-state index is -0.900. The number of ketones is 1. The van der Waals surface area contributed by atoms with Crippen LogP contribution < -0.4 is 19.1 Å². The van der Waals surface area contributed by atoms with Crippen molar-refractivity contribution in [2.24, 2.45) is 0 Å². The summed E-state index contributed by atoms with van der Waals surface area (Å²) in [5.74, 6) is 0.0144. The van der Waals surface area contributed by atoms with Crippen LogP contribution in [-0.4, -0.2) is 42.6 Å². The molecule has 200 valence electrons. The molecule has 1 unspecified atom stereocenters. The number of thiazole rings is 1. The summed E-state index contributed by atoms with van der Waals surface area (Å²) in [7, 11) is 3.10. The molecule has 8 nitrogen and oxygen atoms in total. The first-order valence-electron chi connectivity index (χ1n) is 12.6. The minimum absolute atomic E-state index is 0.0234. The number of carbonyl (C=O) groups excluding carboxylic acids is 2. The molecule has 0 radical (unpaired) electrons. The van der Waals surface area contributed by atoms with Crippen molar-refractivity contribution < 1.29 is 28.9 Å². The number of nitrogens with zero attached hydrogens (tertiary/aromatic N) is 2. The van der Waals surface area contributed by atoms with Gasteiger partial charge in [0, 0.05) is 5.56 Å². The van der Waals surface area contributed by atoms with E-state index in [1.807, 2.05) is 6.07 Å². The Morgan fingerprint density at radius 2 is 1.69 bits per heavy atom. The van der Waals surface area contributed by atoms with E-state index in [4.69, 9.17) is 14.2 Å². The smallest absolute Gasteiger partial charge is 0.301 e. The lowest BCUT2D eigenvalue weighted by Gasteiger charge is -2.23. The molecule has 1 fully saturated rings. The number of methoxy groups -OCH3 is 2. The monoisotopic (exact) mass is 544 g/mol. The molecule has 2 heterocycles. The van der Waals surface area contributed by atoms with Crippen molar-refractivity contribution in [2.45, 2.75) is 25.8 Å². The number of aliphatic hydroxyl groups excluding tert-OH is 1. The van der Waals surface area contributed by atoms with Crippen LogP contribution in [0.25, 0.3) is 16.0 Å². The van der Waals surface area contributed by atoms with Crippen molar-refractivity contribution in [3.63, 3.8) is 0 Å². The van der Waals surface area contributed by atoms with Gasteiger partial charge in [0.15, 0.2) is 5.13 Å². The van der Waals surface area contributed by atoms with E-state index in [-0.39, 0.29) is 11.3 Å². The summed E-state index contributed by atoms with van der Waals surface area (Å²) in [6.45, 7) is 2.69. The number of hydrogen-bond acceptors (Lipinski definition) is 8. The Labute approximate surface area is 230 Å². The molecule has 0 spiro atoms. The maximum absolute atomic E-state index is 13.5. The van der Waals surface area contributed by atoms with Gasteiger partial charge in [-0.1, -0.05) is 48.9 Å². The van der Waals surface area contributed by atoms with Crippen LogP contribution in [0.15, 0.2) is 72.3 Å². The molecule has 5 rings (SSSR count). The van der Waals surface area contributed by atoms with Crippen molar-refractivity contribution in [3.05, 3.63) is 83.4 Å². The summed E-state index contributed by atoms with van der Waals surface area (Å²) in [4.78, 5) is 33.0. The van der Waals surface area contributed by atoms with Gasteiger partial charge in [0.2, 0.25) is 0 Å². The van der Waals surface area contributed by atoms with Gasteiger partial charge in [0.1, 0.15) is 23.0 Å². The van der Waals surface area contributed by atoms with Gasteiger partial charge >= 0.3 is 5.91 Å². The van der Waals surface area contributed by atoms with E-state index in [1.54, 1.807) is 67.8 Å². The van der Waals surface area contributed by atoms with E-state index >= 15 is 0 Å². The fourth-order valence-corrected chi connectivity index (χ4v) is 5.50. The number of unbranched alkanes of at least 4 members (excludes halogenated alkanes) is 1. The third-order valence-electron chi connectivity index (χ3n) is 6.54. The number of hydrogen-bond donors (Lipinski definition) is 1. The summed E-state index contributed by atoms with van der Waals surface area (Å²) < 4.78 is 17.2. The van der Waals surface area contributed by atoms with Crippen LogP contribution in [0.5, 0.6) is 17.2 Å². The Kier molecular flexibility index (Phi) is 7.51. The first-order chi connectivity index (χ1) is 18.9. The number of Topliss-reactive ketones (excluding diaryl/α,β-unsaturated/α-hetero) is 1. The van der Waals surface area contributed by atoms with Gasteiger partial charge < -0.3 is 19.3 Å². The molecule has 0 saturated carbocycles. The first-order valence-corrected chi connectivity index (χ1v) is 13.4. The van der Waals surface area contributed by atoms with Gasteiger partial charge in [-0.15, -0.1) is 0 Å². The molecular formula is C30H28N2O6S. The molecule has 1 aliphatic rings. The van der Waals surface area contributed by atoms with E-state index < -0.39 is 17.7 Å². The molecule has 1 aliphatic heterocycles. The quantitative estimate of drug-likeness (QED) is 0.117. The Bertz CT molecular complexity index is 1560. The lowest BCUT2D eigenvalue weighted by molar-refractivity contribution is -0.132. The number of ether oxygens (including phenoxy) is 3. The van der Waals surface area contributed by atoms with Crippen molar-refractivity contribution in [1.29, 1.82) is 0 Å². The highest BCUT2D eigenvalue weighted by Gasteiger charge is 2.48. The number of fused-ring (bicyclic) bond motifs is 1. The van der Waals surface area contributed by atoms with Gasteiger partial charge in [-0.05, 0) is 54.4 Å². The lowest BCUT2D eigenvalue weighted by atomic mass is 9.95. The predicted octanol–water partition coefficient (Wildman–Crippen LogP) is 6.12. The summed E-state index contributed by atoms with van der Waals surface area (Å²) in [6.07, 6.45) is 1.95. The van der Waals surface area contributed by atoms with E-state index in [0.29, 0.717) is 45.6 Å². The van der Waals surface area contributed by atoms with Gasteiger partial charge in [-0.25, -0.2) is 4.98 Å². The van der Waals surface area contributed by atoms with Crippen molar-refractivity contribution in [1.82, 2.24) is 4.98 Å². The molecule has 9 heteroatoms. The maximum Gasteiger partial charge on any atom is 0.301 e. The SMILES string of the molecule is CCCCOc1ccc(C2/C(=C(\O)c3cccc(OC)c3)C(=O)C(=O)N2c2nc3ccc(OC)cc3s2)cc1. The van der Waals surface area contributed by atoms with Crippen LogP contribution in [0, 0.1) is 0 Å². The van der Waals surface area contributed by atoms with Crippen molar-refractivity contribution >= 4 is 44.1 Å². The number of anilines is 1. The number of rotatable bonds is 9. The number of carbonyl (C=O) groups is 2. The zero-order chi connectivity index (χ0) is 27.5. The summed E-state index contributed by atoms with van der Waals surface area (Å²) in [5.41, 5.74) is 1.65. The molecule has 4 aromatic rings. The number of aliphatic hydroxyl groups is 1. The molecular weight excluding hydrogens is 516 g/mol. The van der Waals surface area contributed by atoms with Crippen LogP contribution in [0.1, 0.15) is 36.9 Å². The molecule has 1 aromatic heterocycles. The summed E-state index contributed by atoms with van der Waals surface area (Å²) >= 11 is 1.27. The summed E-state index contributed by atoms with van der Waals surface area (Å²) in [6, 6.07) is 18.5. The number of benzene rings is 3. The molecule has 1 atom stereocenters. The molecule has 0 aliphatic carbocycles. The third-order valence-corrected chi connectivity index (χ3v) is 7.56. The second kappa shape index (κ2) is 11.2. The van der Waals surface area contributed by atoms with Crippen LogP contribution in [-0.2, 0) is 9.59 Å². The normalized spacial score (nSPS) is 16.6. The molecule has 1 saturated heterocycles. The van der Waals surface area contributed by atoms with Gasteiger partial charge in [0.05, 0.1) is 42.7 Å². The molecule has 0 bridgehead atoms. The fraction of sp³-hybridized carbons (Fsp3) is 0.233. The van der Waals surface area contributed by atoms with Crippen LogP contribution in [0.2, 0.25) is 0 Å². The van der Waals surface area contributed by atoms with Crippen LogP contribution >= 0.6 is 11.3 Å². The van der Waals surface area contributed by atoms with Gasteiger partial charge in [-0.3, -0.25) is 14.5 Å². The van der Waals surface area contributed by atoms with Crippen molar-refractivity contribution in [2.75, 3.05) is 25.7 Å². The Hall–Kier alpha value is -4.37. The van der Waals surface area contributed by atoms with E-state index in [9.17, 15) is 14.7 Å². The van der Waals surface area contributed by atoms with Crippen LogP contribution in [0.3, 0.4) is 0 Å². The average molecular weight is 545 g/mol. The highest BCUT2D eigenvalue weighted by atomic mass is 32.1.